The largest absolute Gasteiger partial charge is 0.372 e. The number of benzene rings is 2. The van der Waals surface area contributed by atoms with E-state index in [-0.39, 0.29) is 17.6 Å². The van der Waals surface area contributed by atoms with Crippen molar-refractivity contribution >= 4 is 38.3 Å². The zero-order valence-corrected chi connectivity index (χ0v) is 18.6. The highest BCUT2D eigenvalue weighted by atomic mass is 79.9. The molecule has 0 saturated heterocycles. The number of nitriles is 1. The van der Waals surface area contributed by atoms with Gasteiger partial charge in [0.1, 0.15) is 5.52 Å². The van der Waals surface area contributed by atoms with Crippen molar-refractivity contribution in [3.63, 3.8) is 0 Å². The van der Waals surface area contributed by atoms with Gasteiger partial charge in [0.25, 0.3) is 0 Å². The maximum atomic E-state index is 15.6. The molecule has 1 saturated carbocycles. The van der Waals surface area contributed by atoms with Crippen LogP contribution in [0, 0.1) is 30.0 Å². The fourth-order valence-electron chi connectivity index (χ4n) is 3.36. The van der Waals surface area contributed by atoms with Crippen LogP contribution < -0.4 is 10.8 Å². The average Bonchev–Trinajstić information content (AvgIpc) is 3.48. The Bertz CT molecular complexity index is 1140. The molecule has 2 aromatic carbocycles. The minimum Gasteiger partial charge on any atom is -0.372 e. The molecule has 1 aromatic heterocycles. The van der Waals surface area contributed by atoms with Crippen molar-refractivity contribution < 1.29 is 14.3 Å². The molecule has 7 nitrogen and oxygen atoms in total. The Kier molecular flexibility index (Phi) is 6.53. The lowest BCUT2D eigenvalue weighted by Crippen LogP contribution is -2.23. The number of nitrogens with zero attached hydrogens (tertiary/aromatic N) is 3. The van der Waals surface area contributed by atoms with Crippen LogP contribution in [0.5, 0.6) is 0 Å². The van der Waals surface area contributed by atoms with Gasteiger partial charge in [0.05, 0.1) is 36.6 Å². The first kappa shape index (κ1) is 21.7. The van der Waals surface area contributed by atoms with Crippen molar-refractivity contribution in [2.45, 2.75) is 39.0 Å². The van der Waals surface area contributed by atoms with Crippen molar-refractivity contribution in [1.82, 2.24) is 15.0 Å². The van der Waals surface area contributed by atoms with Gasteiger partial charge < -0.3 is 15.0 Å². The van der Waals surface area contributed by atoms with Crippen molar-refractivity contribution in [3.8, 4) is 6.07 Å². The van der Waals surface area contributed by atoms with E-state index in [0.29, 0.717) is 35.8 Å². The molecule has 1 aliphatic carbocycles. The summed E-state index contributed by atoms with van der Waals surface area (Å²) in [7, 11) is 0. The van der Waals surface area contributed by atoms with E-state index in [1.54, 1.807) is 10.6 Å². The summed E-state index contributed by atoms with van der Waals surface area (Å²) in [5, 5.41) is 22.8. The predicted octanol–water partition coefficient (Wildman–Crippen LogP) is 4.83. The number of nitrogens with one attached hydrogen (secondary N) is 2. The predicted molar refractivity (Wildman–Crippen MR) is 119 cm³/mol. The van der Waals surface area contributed by atoms with Crippen molar-refractivity contribution in [1.29, 1.82) is 5.26 Å². The van der Waals surface area contributed by atoms with Gasteiger partial charge in [-0.3, -0.25) is 4.84 Å². The van der Waals surface area contributed by atoms with E-state index in [0.717, 1.165) is 22.9 Å². The number of anilines is 2. The number of halogens is 2. The second-order valence-corrected chi connectivity index (χ2v) is 8.64. The highest BCUT2D eigenvalue weighted by Crippen LogP contribution is 2.35. The van der Waals surface area contributed by atoms with Crippen LogP contribution in [-0.4, -0.2) is 21.3 Å². The summed E-state index contributed by atoms with van der Waals surface area (Å²) in [5.41, 5.74) is 5.33. The first-order chi connectivity index (χ1) is 15.0. The number of hydrogen-bond acceptors (Lipinski definition) is 6. The van der Waals surface area contributed by atoms with Gasteiger partial charge in [-0.15, -0.1) is 0 Å². The first-order valence-electron chi connectivity index (χ1n) is 10.1. The molecule has 0 aliphatic heterocycles. The van der Waals surface area contributed by atoms with E-state index >= 15 is 4.39 Å². The van der Waals surface area contributed by atoms with E-state index < -0.39 is 12.0 Å². The van der Waals surface area contributed by atoms with Gasteiger partial charge in [0.2, 0.25) is 0 Å². The van der Waals surface area contributed by atoms with Gasteiger partial charge in [-0.05, 0) is 55.5 Å². The molecule has 3 N–H and O–H groups in total. The number of aromatic nitrogens is 2. The molecule has 162 valence electrons. The number of aliphatic hydroxyl groups excluding tert-OH is 1. The Morgan fingerprint density at radius 2 is 2.23 bits per heavy atom. The zero-order chi connectivity index (χ0) is 22.0. The van der Waals surface area contributed by atoms with Gasteiger partial charge in [0.15, 0.2) is 12.0 Å². The third kappa shape index (κ3) is 4.88. The molecule has 0 radical (unpaired) electrons. The molecule has 0 amide bonds. The Morgan fingerprint density at radius 1 is 1.42 bits per heavy atom. The molecule has 1 fully saturated rings. The van der Waals surface area contributed by atoms with Gasteiger partial charge in [-0.2, -0.15) is 10.7 Å². The van der Waals surface area contributed by atoms with E-state index in [1.165, 1.54) is 6.33 Å². The lowest BCUT2D eigenvalue weighted by atomic mass is 10.1. The van der Waals surface area contributed by atoms with Crippen LogP contribution in [0.15, 0.2) is 35.1 Å². The molecule has 0 bridgehead atoms. The Hall–Kier alpha value is -2.51. The fraction of sp³-hybridized carbons (Fsp3) is 0.364. The van der Waals surface area contributed by atoms with Crippen molar-refractivity contribution in [2.24, 2.45) is 5.92 Å². The second kappa shape index (κ2) is 9.32. The van der Waals surface area contributed by atoms with Crippen molar-refractivity contribution in [3.05, 3.63) is 52.0 Å². The summed E-state index contributed by atoms with van der Waals surface area (Å²) < 4.78 is 18.2. The molecule has 1 atom stereocenters. The van der Waals surface area contributed by atoms with Crippen LogP contribution in [0.1, 0.15) is 36.6 Å². The monoisotopic (exact) mass is 487 g/mol. The van der Waals surface area contributed by atoms with Gasteiger partial charge in [-0.25, -0.2) is 9.37 Å². The highest BCUT2D eigenvalue weighted by Gasteiger charge is 2.25. The Balaban J connectivity index is 1.73. The number of fused-ring (bicyclic) bond motifs is 1. The highest BCUT2D eigenvalue weighted by molar-refractivity contribution is 9.10. The molecule has 4 rings (SSSR count). The van der Waals surface area contributed by atoms with E-state index in [1.807, 2.05) is 25.1 Å². The summed E-state index contributed by atoms with van der Waals surface area (Å²) in [6, 6.07) is 9.37. The second-order valence-electron chi connectivity index (χ2n) is 7.73. The molecule has 0 spiro atoms. The SMILES string of the molecule is Cc1cc(Br)ccc1Nc1c(C(O)NOCC2CC2)cc2c(ncn2CCC#N)c1F. The lowest BCUT2D eigenvalue weighted by molar-refractivity contribution is -0.0619. The molecule has 1 aliphatic rings. The van der Waals surface area contributed by atoms with Crippen LogP contribution in [0.4, 0.5) is 15.8 Å². The molecule has 3 aromatic rings. The smallest absolute Gasteiger partial charge is 0.174 e. The van der Waals surface area contributed by atoms with Gasteiger partial charge in [0, 0.05) is 22.3 Å². The molecule has 1 heterocycles. The number of imidazole rings is 1. The number of hydrogen-bond donors (Lipinski definition) is 3. The number of rotatable bonds is 9. The van der Waals surface area contributed by atoms with Gasteiger partial charge >= 0.3 is 0 Å². The summed E-state index contributed by atoms with van der Waals surface area (Å²) in [5.74, 6) is -0.0668. The third-order valence-corrected chi connectivity index (χ3v) is 5.80. The molecule has 1 unspecified atom stereocenters. The Morgan fingerprint density at radius 3 is 2.94 bits per heavy atom. The average molecular weight is 488 g/mol. The number of aliphatic hydroxyl groups is 1. The molecule has 9 heteroatoms. The zero-order valence-electron chi connectivity index (χ0n) is 17.0. The fourth-order valence-corrected chi connectivity index (χ4v) is 3.84. The Labute approximate surface area is 187 Å². The molecular weight excluding hydrogens is 465 g/mol. The molecular formula is C22H23BrFN5O2. The van der Waals surface area contributed by atoms with Gasteiger partial charge in [-0.1, -0.05) is 15.9 Å². The minimum atomic E-state index is -1.25. The summed E-state index contributed by atoms with van der Waals surface area (Å²) >= 11 is 3.43. The number of hydroxylamine groups is 1. The van der Waals surface area contributed by atoms with E-state index in [9.17, 15) is 5.11 Å². The molecule has 31 heavy (non-hydrogen) atoms. The van der Waals surface area contributed by atoms with Crippen LogP contribution in [0.3, 0.4) is 0 Å². The third-order valence-electron chi connectivity index (χ3n) is 5.30. The van der Waals surface area contributed by atoms with Crippen LogP contribution >= 0.6 is 15.9 Å². The maximum absolute atomic E-state index is 15.6. The summed E-state index contributed by atoms with van der Waals surface area (Å²) in [4.78, 5) is 9.63. The maximum Gasteiger partial charge on any atom is 0.174 e. The van der Waals surface area contributed by atoms with Crippen molar-refractivity contribution in [2.75, 3.05) is 11.9 Å². The summed E-state index contributed by atoms with van der Waals surface area (Å²) in [6.45, 7) is 2.79. The van der Waals surface area contributed by atoms with E-state index in [2.05, 4.69) is 37.8 Å². The number of aryl methyl sites for hydroxylation is 2. The summed E-state index contributed by atoms with van der Waals surface area (Å²) in [6.07, 6.45) is 2.76. The van der Waals surface area contributed by atoms with Crippen LogP contribution in [0.25, 0.3) is 11.0 Å². The van der Waals surface area contributed by atoms with E-state index in [4.69, 9.17) is 10.1 Å². The first-order valence-corrected chi connectivity index (χ1v) is 10.9. The standard InChI is InChI=1S/C22H23BrFN5O2/c1-13-9-15(23)5-6-17(13)27-20-16(22(30)28-31-11-14-3-4-14)10-18-21(19(20)24)26-12-29(18)8-2-7-25/h5-6,9-10,12,14,22,27-28,30H,2-4,8,11H2,1H3. The topological polar surface area (TPSA) is 95.1 Å². The van der Waals surface area contributed by atoms with Crippen LogP contribution in [-0.2, 0) is 11.4 Å². The van der Waals surface area contributed by atoms with Crippen LogP contribution in [0.2, 0.25) is 0 Å². The lowest BCUT2D eigenvalue weighted by Gasteiger charge is -2.20. The normalized spacial score (nSPS) is 14.5. The minimum absolute atomic E-state index is 0.124. The quantitative estimate of drug-likeness (QED) is 0.295.